The highest BCUT2D eigenvalue weighted by molar-refractivity contribution is 6.32. The van der Waals surface area contributed by atoms with E-state index in [1.807, 2.05) is 26.0 Å². The number of nitrogens with two attached hydrogens (primary N) is 1. The molecule has 0 fully saturated rings. The first-order chi connectivity index (χ1) is 8.54. The summed E-state index contributed by atoms with van der Waals surface area (Å²) in [7, 11) is 1.58. The van der Waals surface area contributed by atoms with E-state index in [1.165, 1.54) is 0 Å². The van der Waals surface area contributed by atoms with Crippen molar-refractivity contribution in [1.29, 1.82) is 0 Å². The minimum Gasteiger partial charge on any atom is -0.495 e. The third-order valence-corrected chi connectivity index (χ3v) is 3.05. The van der Waals surface area contributed by atoms with Gasteiger partial charge in [0.2, 0.25) is 0 Å². The molecule has 0 saturated heterocycles. The molecule has 2 N–H and O–H groups in total. The molecule has 1 atom stereocenters. The Morgan fingerprint density at radius 1 is 1.44 bits per heavy atom. The van der Waals surface area contributed by atoms with E-state index < -0.39 is 0 Å². The summed E-state index contributed by atoms with van der Waals surface area (Å²) in [5.41, 5.74) is 8.36. The number of ether oxygens (including phenoxy) is 1. The second-order valence-corrected chi connectivity index (χ2v) is 4.49. The van der Waals surface area contributed by atoms with Gasteiger partial charge in [0.1, 0.15) is 11.4 Å². The van der Waals surface area contributed by atoms with Gasteiger partial charge in [-0.3, -0.25) is 0 Å². The van der Waals surface area contributed by atoms with Crippen LogP contribution in [0, 0.1) is 6.92 Å². The highest BCUT2D eigenvalue weighted by Gasteiger charge is 2.14. The molecule has 18 heavy (non-hydrogen) atoms. The lowest BCUT2D eigenvalue weighted by molar-refractivity contribution is 0.414. The molecule has 1 aromatic carbocycles. The molecule has 0 saturated carbocycles. The van der Waals surface area contributed by atoms with Crippen molar-refractivity contribution in [2.24, 2.45) is 5.73 Å². The fourth-order valence-electron chi connectivity index (χ4n) is 1.79. The zero-order chi connectivity index (χ0) is 13.3. The van der Waals surface area contributed by atoms with E-state index in [2.05, 4.69) is 10.3 Å². The molecule has 0 radical (unpaired) electrons. The van der Waals surface area contributed by atoms with Crippen molar-refractivity contribution < 1.29 is 4.74 Å². The van der Waals surface area contributed by atoms with Crippen LogP contribution in [0.4, 0.5) is 0 Å². The van der Waals surface area contributed by atoms with Crippen LogP contribution in [0.3, 0.4) is 0 Å². The standard InChI is InChI=1S/C12H15ClN4O/c1-7(14)12-8(2)17(16-15-12)9-4-5-10(13)11(6-9)18-3/h4-7H,14H2,1-3H3. The SMILES string of the molecule is COc1cc(-n2nnc(C(C)N)c2C)ccc1Cl. The van der Waals surface area contributed by atoms with Crippen LogP contribution in [0.2, 0.25) is 5.02 Å². The molecule has 1 aromatic heterocycles. The fraction of sp³-hybridized carbons (Fsp3) is 0.333. The summed E-state index contributed by atoms with van der Waals surface area (Å²) >= 11 is 5.99. The van der Waals surface area contributed by atoms with Crippen LogP contribution in [0.1, 0.15) is 24.4 Å². The van der Waals surface area contributed by atoms with Crippen LogP contribution >= 0.6 is 11.6 Å². The van der Waals surface area contributed by atoms with Gasteiger partial charge in [-0.1, -0.05) is 16.8 Å². The van der Waals surface area contributed by atoms with Crippen LogP contribution < -0.4 is 10.5 Å². The zero-order valence-electron chi connectivity index (χ0n) is 10.5. The van der Waals surface area contributed by atoms with E-state index in [4.69, 9.17) is 22.1 Å². The molecule has 0 spiro atoms. The Hall–Kier alpha value is -1.59. The topological polar surface area (TPSA) is 66.0 Å². The average molecular weight is 267 g/mol. The van der Waals surface area contributed by atoms with E-state index in [1.54, 1.807) is 17.9 Å². The van der Waals surface area contributed by atoms with Crippen molar-refractivity contribution in [2.45, 2.75) is 19.9 Å². The average Bonchev–Trinajstić information content (AvgIpc) is 2.72. The van der Waals surface area contributed by atoms with E-state index in [0.717, 1.165) is 17.1 Å². The third-order valence-electron chi connectivity index (χ3n) is 2.74. The number of methoxy groups -OCH3 is 1. The molecular weight excluding hydrogens is 252 g/mol. The van der Waals surface area contributed by atoms with E-state index in [9.17, 15) is 0 Å². The molecule has 2 aromatic rings. The van der Waals surface area contributed by atoms with Gasteiger partial charge in [0.05, 0.1) is 23.5 Å². The predicted molar refractivity (Wildman–Crippen MR) is 70.3 cm³/mol. The Balaban J connectivity index is 2.49. The lowest BCUT2D eigenvalue weighted by Crippen LogP contribution is -2.08. The number of rotatable bonds is 3. The highest BCUT2D eigenvalue weighted by Crippen LogP contribution is 2.27. The molecule has 0 aliphatic heterocycles. The summed E-state index contributed by atoms with van der Waals surface area (Å²) in [5, 5.41) is 8.75. The normalized spacial score (nSPS) is 12.5. The van der Waals surface area contributed by atoms with Crippen LogP contribution in [0.25, 0.3) is 5.69 Å². The maximum Gasteiger partial charge on any atom is 0.139 e. The van der Waals surface area contributed by atoms with Gasteiger partial charge in [0.25, 0.3) is 0 Å². The number of halogens is 1. The minimum atomic E-state index is -0.145. The number of hydrogen-bond acceptors (Lipinski definition) is 4. The van der Waals surface area contributed by atoms with Gasteiger partial charge >= 0.3 is 0 Å². The van der Waals surface area contributed by atoms with Crippen molar-refractivity contribution in [3.8, 4) is 11.4 Å². The summed E-state index contributed by atoms with van der Waals surface area (Å²) in [5.74, 6) is 0.603. The van der Waals surface area contributed by atoms with Crippen molar-refractivity contribution >= 4 is 11.6 Å². The number of benzene rings is 1. The van der Waals surface area contributed by atoms with Crippen molar-refractivity contribution in [2.75, 3.05) is 7.11 Å². The van der Waals surface area contributed by atoms with E-state index in [0.29, 0.717) is 10.8 Å². The number of aromatic nitrogens is 3. The van der Waals surface area contributed by atoms with Gasteiger partial charge in [0.15, 0.2) is 0 Å². The van der Waals surface area contributed by atoms with Gasteiger partial charge < -0.3 is 10.5 Å². The summed E-state index contributed by atoms with van der Waals surface area (Å²) in [4.78, 5) is 0. The molecule has 1 unspecified atom stereocenters. The first-order valence-corrected chi connectivity index (χ1v) is 5.94. The van der Waals surface area contributed by atoms with Crippen LogP contribution in [0.15, 0.2) is 18.2 Å². The number of hydrogen-bond donors (Lipinski definition) is 1. The number of nitrogens with zero attached hydrogens (tertiary/aromatic N) is 3. The van der Waals surface area contributed by atoms with E-state index in [-0.39, 0.29) is 6.04 Å². The largest absolute Gasteiger partial charge is 0.495 e. The second kappa shape index (κ2) is 4.96. The highest BCUT2D eigenvalue weighted by atomic mass is 35.5. The fourth-order valence-corrected chi connectivity index (χ4v) is 1.98. The molecule has 0 aliphatic rings. The molecule has 6 heteroatoms. The molecule has 0 amide bonds. The lowest BCUT2D eigenvalue weighted by atomic mass is 10.2. The Kier molecular flexibility index (Phi) is 3.54. The van der Waals surface area contributed by atoms with Crippen LogP contribution in [0.5, 0.6) is 5.75 Å². The monoisotopic (exact) mass is 266 g/mol. The van der Waals surface area contributed by atoms with Crippen LogP contribution in [-0.2, 0) is 0 Å². The predicted octanol–water partition coefficient (Wildman–Crippen LogP) is 2.26. The molecular formula is C12H15ClN4O. The molecule has 5 nitrogen and oxygen atoms in total. The van der Waals surface area contributed by atoms with Gasteiger partial charge in [-0.05, 0) is 26.0 Å². The Labute approximate surface area is 111 Å². The summed E-state index contributed by atoms with van der Waals surface area (Å²) in [6.07, 6.45) is 0. The first kappa shape index (κ1) is 12.9. The Morgan fingerprint density at radius 3 is 2.72 bits per heavy atom. The molecule has 0 bridgehead atoms. The van der Waals surface area contributed by atoms with Gasteiger partial charge in [-0.15, -0.1) is 5.10 Å². The Bertz CT molecular complexity index is 565. The van der Waals surface area contributed by atoms with Crippen LogP contribution in [-0.4, -0.2) is 22.1 Å². The van der Waals surface area contributed by atoms with Gasteiger partial charge in [0, 0.05) is 12.1 Å². The van der Waals surface area contributed by atoms with Gasteiger partial charge in [-0.2, -0.15) is 0 Å². The third kappa shape index (κ3) is 2.19. The maximum atomic E-state index is 5.99. The summed E-state index contributed by atoms with van der Waals surface area (Å²) in [6.45, 7) is 3.81. The smallest absolute Gasteiger partial charge is 0.139 e. The minimum absolute atomic E-state index is 0.145. The molecule has 0 aliphatic carbocycles. The second-order valence-electron chi connectivity index (χ2n) is 4.08. The van der Waals surface area contributed by atoms with Crippen molar-refractivity contribution in [3.05, 3.63) is 34.6 Å². The summed E-state index contributed by atoms with van der Waals surface area (Å²) < 4.78 is 6.90. The zero-order valence-corrected chi connectivity index (χ0v) is 11.3. The Morgan fingerprint density at radius 2 is 2.17 bits per heavy atom. The maximum absolute atomic E-state index is 5.99. The molecule has 2 rings (SSSR count). The lowest BCUT2D eigenvalue weighted by Gasteiger charge is -2.08. The van der Waals surface area contributed by atoms with Crippen molar-refractivity contribution in [3.63, 3.8) is 0 Å². The van der Waals surface area contributed by atoms with Crippen molar-refractivity contribution in [1.82, 2.24) is 15.0 Å². The molecule has 96 valence electrons. The quantitative estimate of drug-likeness (QED) is 0.925. The summed E-state index contributed by atoms with van der Waals surface area (Å²) in [6, 6.07) is 5.29. The molecule has 1 heterocycles. The first-order valence-electron chi connectivity index (χ1n) is 5.56. The van der Waals surface area contributed by atoms with E-state index >= 15 is 0 Å². The van der Waals surface area contributed by atoms with Gasteiger partial charge in [-0.25, -0.2) is 4.68 Å².